The van der Waals surface area contributed by atoms with Gasteiger partial charge in [0.15, 0.2) is 11.5 Å². The van der Waals surface area contributed by atoms with Gasteiger partial charge in [-0.1, -0.05) is 18.2 Å². The molecular weight excluding hydrogens is 342 g/mol. The molecule has 27 heavy (non-hydrogen) atoms. The molecule has 3 rings (SSSR count). The van der Waals surface area contributed by atoms with E-state index in [0.717, 1.165) is 35.8 Å². The van der Waals surface area contributed by atoms with Crippen molar-refractivity contribution in [3.63, 3.8) is 0 Å². The Hall–Kier alpha value is -2.69. The zero-order valence-electron chi connectivity index (χ0n) is 16.1. The van der Waals surface area contributed by atoms with Gasteiger partial charge in [0.25, 0.3) is 0 Å². The van der Waals surface area contributed by atoms with Crippen LogP contribution in [0.25, 0.3) is 0 Å². The van der Waals surface area contributed by atoms with E-state index in [1.165, 1.54) is 5.56 Å². The summed E-state index contributed by atoms with van der Waals surface area (Å²) in [6.07, 6.45) is 1.20. The zero-order chi connectivity index (χ0) is 19.1. The highest BCUT2D eigenvalue weighted by Crippen LogP contribution is 2.34. The first-order valence-electron chi connectivity index (χ1n) is 9.58. The third kappa shape index (κ3) is 4.94. The van der Waals surface area contributed by atoms with Gasteiger partial charge in [0.1, 0.15) is 5.75 Å². The minimum atomic E-state index is 0.114. The van der Waals surface area contributed by atoms with Crippen LogP contribution in [0, 0.1) is 0 Å². The van der Waals surface area contributed by atoms with E-state index in [4.69, 9.17) is 14.2 Å². The fraction of sp³-hybridized carbons (Fsp3) is 0.409. The topological polar surface area (TPSA) is 48.0 Å². The van der Waals surface area contributed by atoms with Crippen molar-refractivity contribution in [3.05, 3.63) is 53.6 Å². The van der Waals surface area contributed by atoms with Crippen molar-refractivity contribution < 1.29 is 19.0 Å². The maximum atomic E-state index is 12.6. The summed E-state index contributed by atoms with van der Waals surface area (Å²) < 4.78 is 17.1. The van der Waals surface area contributed by atoms with Gasteiger partial charge in [-0.15, -0.1) is 0 Å². The van der Waals surface area contributed by atoms with E-state index >= 15 is 0 Å². The number of hydrogen-bond donors (Lipinski definition) is 0. The van der Waals surface area contributed by atoms with E-state index < -0.39 is 0 Å². The van der Waals surface area contributed by atoms with Crippen LogP contribution in [0.5, 0.6) is 17.2 Å². The summed E-state index contributed by atoms with van der Waals surface area (Å²) in [6.45, 7) is 6.82. The summed E-state index contributed by atoms with van der Waals surface area (Å²) in [6, 6.07) is 13.7. The summed E-state index contributed by atoms with van der Waals surface area (Å²) in [7, 11) is 0. The average molecular weight is 369 g/mol. The highest BCUT2D eigenvalue weighted by atomic mass is 16.5. The van der Waals surface area contributed by atoms with Gasteiger partial charge >= 0.3 is 0 Å². The quantitative estimate of drug-likeness (QED) is 0.709. The van der Waals surface area contributed by atoms with Crippen molar-refractivity contribution in [2.45, 2.75) is 33.2 Å². The second-order valence-electron chi connectivity index (χ2n) is 6.41. The van der Waals surface area contributed by atoms with Crippen LogP contribution in [-0.4, -0.2) is 37.2 Å². The van der Waals surface area contributed by atoms with Crippen LogP contribution in [0.15, 0.2) is 42.5 Å². The van der Waals surface area contributed by atoms with Gasteiger partial charge in [0.05, 0.1) is 26.2 Å². The zero-order valence-corrected chi connectivity index (χ0v) is 16.1. The number of benzene rings is 2. The predicted octanol–water partition coefficient (Wildman–Crippen LogP) is 3.84. The molecule has 0 N–H and O–H groups in total. The molecule has 1 aliphatic rings. The molecule has 5 nitrogen and oxygen atoms in total. The number of ether oxygens (including phenoxy) is 3. The molecule has 0 radical (unpaired) electrons. The molecule has 2 aromatic carbocycles. The lowest BCUT2D eigenvalue weighted by atomic mass is 9.98. The lowest BCUT2D eigenvalue weighted by Gasteiger charge is -2.30. The van der Waals surface area contributed by atoms with Crippen LogP contribution >= 0.6 is 0 Å². The maximum absolute atomic E-state index is 12.6. The molecule has 0 bridgehead atoms. The maximum Gasteiger partial charge on any atom is 0.226 e. The van der Waals surface area contributed by atoms with Gasteiger partial charge in [-0.2, -0.15) is 0 Å². The van der Waals surface area contributed by atoms with E-state index in [1.807, 2.05) is 55.1 Å². The van der Waals surface area contributed by atoms with E-state index in [0.29, 0.717) is 32.8 Å². The number of fused-ring (bicyclic) bond motifs is 1. The third-order valence-corrected chi connectivity index (χ3v) is 4.56. The molecule has 0 atom stereocenters. The Morgan fingerprint density at radius 1 is 0.963 bits per heavy atom. The SMILES string of the molecule is CCOc1cc2c(cc1OCC)CN(C(=O)CCOc1ccccc1)CC2. The molecule has 1 heterocycles. The first-order chi connectivity index (χ1) is 13.2. The second-order valence-corrected chi connectivity index (χ2v) is 6.41. The van der Waals surface area contributed by atoms with Crippen LogP contribution in [-0.2, 0) is 17.8 Å². The Morgan fingerprint density at radius 3 is 2.30 bits per heavy atom. The molecule has 0 spiro atoms. The van der Waals surface area contributed by atoms with Gasteiger partial charge in [0.2, 0.25) is 5.91 Å². The number of hydrogen-bond acceptors (Lipinski definition) is 4. The van der Waals surface area contributed by atoms with Crippen molar-refractivity contribution >= 4 is 5.91 Å². The Balaban J connectivity index is 1.61. The van der Waals surface area contributed by atoms with Gasteiger partial charge in [-0.05, 0) is 55.7 Å². The molecule has 1 aliphatic heterocycles. The van der Waals surface area contributed by atoms with Crippen molar-refractivity contribution in [1.29, 1.82) is 0 Å². The van der Waals surface area contributed by atoms with E-state index in [9.17, 15) is 4.79 Å². The third-order valence-electron chi connectivity index (χ3n) is 4.56. The van der Waals surface area contributed by atoms with E-state index in [-0.39, 0.29) is 5.91 Å². The summed E-state index contributed by atoms with van der Waals surface area (Å²) in [5.74, 6) is 2.44. The lowest BCUT2D eigenvalue weighted by Crippen LogP contribution is -2.36. The number of carbonyl (C=O) groups is 1. The number of nitrogens with zero attached hydrogens (tertiary/aromatic N) is 1. The minimum Gasteiger partial charge on any atom is -0.493 e. The van der Waals surface area contributed by atoms with Crippen molar-refractivity contribution in [3.8, 4) is 17.2 Å². The summed E-state index contributed by atoms with van der Waals surface area (Å²) in [4.78, 5) is 14.5. The van der Waals surface area contributed by atoms with Crippen molar-refractivity contribution in [1.82, 2.24) is 4.90 Å². The molecule has 0 unspecified atom stereocenters. The standard InChI is InChI=1S/C22H27NO4/c1-3-25-20-14-17-10-12-23(16-18(17)15-21(20)26-4-2)22(24)11-13-27-19-8-6-5-7-9-19/h5-9,14-15H,3-4,10-13,16H2,1-2H3. The first kappa shape index (κ1) is 19.1. The van der Waals surface area contributed by atoms with Crippen molar-refractivity contribution in [2.75, 3.05) is 26.4 Å². The number of para-hydroxylation sites is 1. The van der Waals surface area contributed by atoms with E-state index in [2.05, 4.69) is 6.07 Å². The summed E-state index contributed by atoms with van der Waals surface area (Å²) >= 11 is 0. The van der Waals surface area contributed by atoms with Gasteiger partial charge in [0, 0.05) is 13.1 Å². The molecule has 0 aliphatic carbocycles. The lowest BCUT2D eigenvalue weighted by molar-refractivity contribution is -0.132. The predicted molar refractivity (Wildman–Crippen MR) is 104 cm³/mol. The molecule has 0 saturated carbocycles. The Morgan fingerprint density at radius 2 is 1.63 bits per heavy atom. The Labute approximate surface area is 160 Å². The fourth-order valence-electron chi connectivity index (χ4n) is 3.24. The minimum absolute atomic E-state index is 0.114. The molecule has 5 heteroatoms. The fourth-order valence-corrected chi connectivity index (χ4v) is 3.24. The van der Waals surface area contributed by atoms with Crippen LogP contribution < -0.4 is 14.2 Å². The van der Waals surface area contributed by atoms with Crippen LogP contribution in [0.4, 0.5) is 0 Å². The molecular formula is C22H27NO4. The monoisotopic (exact) mass is 369 g/mol. The van der Waals surface area contributed by atoms with Gasteiger partial charge in [-0.25, -0.2) is 0 Å². The Kier molecular flexibility index (Phi) is 6.58. The van der Waals surface area contributed by atoms with Crippen LogP contribution in [0.2, 0.25) is 0 Å². The van der Waals surface area contributed by atoms with Crippen molar-refractivity contribution in [2.24, 2.45) is 0 Å². The van der Waals surface area contributed by atoms with Crippen LogP contribution in [0.1, 0.15) is 31.4 Å². The summed E-state index contributed by atoms with van der Waals surface area (Å²) in [5.41, 5.74) is 2.36. The number of rotatable bonds is 8. The molecule has 0 saturated heterocycles. The molecule has 1 amide bonds. The highest BCUT2D eigenvalue weighted by Gasteiger charge is 2.23. The average Bonchev–Trinajstić information content (AvgIpc) is 2.69. The highest BCUT2D eigenvalue weighted by molar-refractivity contribution is 5.76. The second kappa shape index (κ2) is 9.31. The molecule has 0 fully saturated rings. The summed E-state index contributed by atoms with van der Waals surface area (Å²) in [5, 5.41) is 0. The molecule has 2 aromatic rings. The molecule has 0 aromatic heterocycles. The smallest absolute Gasteiger partial charge is 0.226 e. The normalized spacial score (nSPS) is 13.0. The first-order valence-corrected chi connectivity index (χ1v) is 9.58. The van der Waals surface area contributed by atoms with Gasteiger partial charge in [-0.3, -0.25) is 4.79 Å². The number of amides is 1. The number of carbonyl (C=O) groups excluding carboxylic acids is 1. The largest absolute Gasteiger partial charge is 0.493 e. The Bertz CT molecular complexity index is 760. The van der Waals surface area contributed by atoms with Crippen LogP contribution in [0.3, 0.4) is 0 Å². The van der Waals surface area contributed by atoms with E-state index in [1.54, 1.807) is 0 Å². The van der Waals surface area contributed by atoms with Gasteiger partial charge < -0.3 is 19.1 Å². The molecule has 144 valence electrons.